The van der Waals surface area contributed by atoms with Crippen LogP contribution in [-0.4, -0.2) is 49.6 Å². The Kier molecular flexibility index (Phi) is 7.22. The van der Waals surface area contributed by atoms with E-state index in [1.54, 1.807) is 20.9 Å². The summed E-state index contributed by atoms with van der Waals surface area (Å²) in [7, 11) is 1.62. The molecule has 0 saturated carbocycles. The summed E-state index contributed by atoms with van der Waals surface area (Å²) >= 11 is 0. The smallest absolute Gasteiger partial charge is 0.325 e. The molecule has 4 nitrogen and oxygen atoms in total. The predicted molar refractivity (Wildman–Crippen MR) is 62.0 cm³/mol. The van der Waals surface area contributed by atoms with Crippen LogP contribution in [0.2, 0.25) is 0 Å². The molecule has 0 aliphatic carbocycles. The molecule has 0 aromatic carbocycles. The van der Waals surface area contributed by atoms with Crippen LogP contribution < -0.4 is 5.73 Å². The molecule has 1 atom stereocenters. The number of esters is 1. The van der Waals surface area contributed by atoms with E-state index in [4.69, 9.17) is 10.5 Å². The standard InChI is InChI=1S/C11H22F2N2O2/c1-4-17-10(16)11(2,14)6-5-7-15(3)8-9(12)13/h9H,4-8,14H2,1-3H3. The molecule has 0 saturated heterocycles. The number of carbonyl (C=O) groups is 1. The third-order valence-electron chi connectivity index (χ3n) is 2.43. The summed E-state index contributed by atoms with van der Waals surface area (Å²) in [5.41, 5.74) is 4.75. The number of carbonyl (C=O) groups excluding carboxylic acids is 1. The lowest BCUT2D eigenvalue weighted by molar-refractivity contribution is -0.149. The summed E-state index contributed by atoms with van der Waals surface area (Å²) < 4.78 is 28.9. The zero-order valence-electron chi connectivity index (χ0n) is 10.7. The summed E-state index contributed by atoms with van der Waals surface area (Å²) in [5.74, 6) is -0.448. The van der Waals surface area contributed by atoms with Gasteiger partial charge in [0, 0.05) is 0 Å². The van der Waals surface area contributed by atoms with Gasteiger partial charge in [0.25, 0.3) is 6.43 Å². The number of halogens is 2. The van der Waals surface area contributed by atoms with Gasteiger partial charge in [0.15, 0.2) is 0 Å². The van der Waals surface area contributed by atoms with Gasteiger partial charge in [0.05, 0.1) is 13.2 Å². The summed E-state index contributed by atoms with van der Waals surface area (Å²) in [5, 5.41) is 0. The molecule has 0 aliphatic rings. The van der Waals surface area contributed by atoms with Gasteiger partial charge in [-0.1, -0.05) is 0 Å². The van der Waals surface area contributed by atoms with Crippen molar-refractivity contribution in [3.8, 4) is 0 Å². The van der Waals surface area contributed by atoms with E-state index >= 15 is 0 Å². The van der Waals surface area contributed by atoms with Crippen molar-refractivity contribution in [2.75, 3.05) is 26.7 Å². The van der Waals surface area contributed by atoms with E-state index in [1.165, 1.54) is 4.90 Å². The van der Waals surface area contributed by atoms with Crippen LogP contribution >= 0.6 is 0 Å². The van der Waals surface area contributed by atoms with Gasteiger partial charge in [-0.25, -0.2) is 8.78 Å². The molecule has 0 rings (SSSR count). The lowest BCUT2D eigenvalue weighted by Crippen LogP contribution is -2.46. The van der Waals surface area contributed by atoms with Crippen LogP contribution in [0.15, 0.2) is 0 Å². The second kappa shape index (κ2) is 7.55. The average molecular weight is 252 g/mol. The van der Waals surface area contributed by atoms with Crippen molar-refractivity contribution in [2.45, 2.75) is 38.7 Å². The van der Waals surface area contributed by atoms with Crippen LogP contribution in [0.5, 0.6) is 0 Å². The van der Waals surface area contributed by atoms with E-state index in [0.717, 1.165) is 0 Å². The number of hydrogen-bond donors (Lipinski definition) is 1. The number of alkyl halides is 2. The molecule has 0 amide bonds. The maximum absolute atomic E-state index is 12.0. The highest BCUT2D eigenvalue weighted by molar-refractivity contribution is 5.79. The normalized spacial score (nSPS) is 15.1. The molecule has 0 aliphatic heterocycles. The van der Waals surface area contributed by atoms with Crippen molar-refractivity contribution in [3.63, 3.8) is 0 Å². The van der Waals surface area contributed by atoms with Crippen molar-refractivity contribution in [2.24, 2.45) is 5.73 Å². The SMILES string of the molecule is CCOC(=O)C(C)(N)CCCN(C)CC(F)F. The largest absolute Gasteiger partial charge is 0.465 e. The Labute approximate surface area is 101 Å². The van der Waals surface area contributed by atoms with Gasteiger partial charge in [-0.2, -0.15) is 0 Å². The van der Waals surface area contributed by atoms with Crippen molar-refractivity contribution in [1.82, 2.24) is 4.90 Å². The van der Waals surface area contributed by atoms with Gasteiger partial charge in [-0.15, -0.1) is 0 Å². The first-order chi connectivity index (χ1) is 7.79. The van der Waals surface area contributed by atoms with Crippen LogP contribution in [0.4, 0.5) is 8.78 Å². The number of ether oxygens (including phenoxy) is 1. The Morgan fingerprint density at radius 1 is 1.53 bits per heavy atom. The van der Waals surface area contributed by atoms with E-state index < -0.39 is 17.9 Å². The average Bonchev–Trinajstić information content (AvgIpc) is 2.16. The molecule has 0 heterocycles. The van der Waals surface area contributed by atoms with Gasteiger partial charge in [0.2, 0.25) is 0 Å². The second-order valence-electron chi connectivity index (χ2n) is 4.39. The van der Waals surface area contributed by atoms with Crippen molar-refractivity contribution in [1.29, 1.82) is 0 Å². The van der Waals surface area contributed by atoms with Crippen molar-refractivity contribution < 1.29 is 18.3 Å². The topological polar surface area (TPSA) is 55.6 Å². The van der Waals surface area contributed by atoms with E-state index in [1.807, 2.05) is 0 Å². The molecule has 17 heavy (non-hydrogen) atoms. The first kappa shape index (κ1) is 16.2. The molecular weight excluding hydrogens is 230 g/mol. The molecule has 0 aromatic heterocycles. The van der Waals surface area contributed by atoms with Crippen molar-refractivity contribution >= 4 is 5.97 Å². The Morgan fingerprint density at radius 2 is 2.12 bits per heavy atom. The number of hydrogen-bond acceptors (Lipinski definition) is 4. The zero-order chi connectivity index (χ0) is 13.5. The highest BCUT2D eigenvalue weighted by Gasteiger charge is 2.29. The summed E-state index contributed by atoms with van der Waals surface area (Å²) in [6.45, 7) is 3.82. The minimum Gasteiger partial charge on any atom is -0.465 e. The molecule has 0 radical (unpaired) electrons. The van der Waals surface area contributed by atoms with Crippen LogP contribution in [0.25, 0.3) is 0 Å². The van der Waals surface area contributed by atoms with Crippen LogP contribution in [0.1, 0.15) is 26.7 Å². The lowest BCUT2D eigenvalue weighted by atomic mass is 9.97. The van der Waals surface area contributed by atoms with Crippen LogP contribution in [0, 0.1) is 0 Å². The van der Waals surface area contributed by atoms with E-state index in [9.17, 15) is 13.6 Å². The Hall–Kier alpha value is -0.750. The summed E-state index contributed by atoms with van der Waals surface area (Å²) in [6, 6.07) is 0. The van der Waals surface area contributed by atoms with E-state index in [0.29, 0.717) is 19.4 Å². The number of nitrogens with zero attached hydrogens (tertiary/aromatic N) is 1. The maximum Gasteiger partial charge on any atom is 0.325 e. The van der Waals surface area contributed by atoms with E-state index in [-0.39, 0.29) is 13.2 Å². The van der Waals surface area contributed by atoms with Crippen LogP contribution in [-0.2, 0) is 9.53 Å². The third kappa shape index (κ3) is 7.23. The van der Waals surface area contributed by atoms with Gasteiger partial charge in [-0.3, -0.25) is 4.79 Å². The highest BCUT2D eigenvalue weighted by atomic mass is 19.3. The fourth-order valence-corrected chi connectivity index (χ4v) is 1.44. The summed E-state index contributed by atoms with van der Waals surface area (Å²) in [4.78, 5) is 13.0. The maximum atomic E-state index is 12.0. The quantitative estimate of drug-likeness (QED) is 0.660. The highest BCUT2D eigenvalue weighted by Crippen LogP contribution is 2.11. The predicted octanol–water partition coefficient (Wildman–Crippen LogP) is 1.24. The number of nitrogens with two attached hydrogens (primary N) is 1. The number of rotatable bonds is 8. The molecule has 0 aromatic rings. The molecule has 0 spiro atoms. The molecular formula is C11H22F2N2O2. The van der Waals surface area contributed by atoms with Crippen LogP contribution in [0.3, 0.4) is 0 Å². The first-order valence-electron chi connectivity index (χ1n) is 5.72. The van der Waals surface area contributed by atoms with Gasteiger partial charge >= 0.3 is 5.97 Å². The second-order valence-corrected chi connectivity index (χ2v) is 4.39. The molecule has 2 N–H and O–H groups in total. The molecule has 1 unspecified atom stereocenters. The Bertz CT molecular complexity index is 236. The van der Waals surface area contributed by atoms with Gasteiger partial charge in [0.1, 0.15) is 5.54 Å². The molecule has 0 fully saturated rings. The molecule has 0 bridgehead atoms. The third-order valence-corrected chi connectivity index (χ3v) is 2.43. The monoisotopic (exact) mass is 252 g/mol. The molecule has 102 valence electrons. The Morgan fingerprint density at radius 3 is 2.59 bits per heavy atom. The fraction of sp³-hybridized carbons (Fsp3) is 0.909. The fourth-order valence-electron chi connectivity index (χ4n) is 1.44. The summed E-state index contributed by atoms with van der Waals surface area (Å²) in [6.07, 6.45) is -1.34. The minimum absolute atomic E-state index is 0.263. The van der Waals surface area contributed by atoms with Crippen molar-refractivity contribution in [3.05, 3.63) is 0 Å². The lowest BCUT2D eigenvalue weighted by Gasteiger charge is -2.23. The van der Waals surface area contributed by atoms with E-state index in [2.05, 4.69) is 0 Å². The zero-order valence-corrected chi connectivity index (χ0v) is 10.7. The van der Waals surface area contributed by atoms with Gasteiger partial charge < -0.3 is 15.4 Å². The Balaban J connectivity index is 3.90. The first-order valence-corrected chi connectivity index (χ1v) is 5.72. The minimum atomic E-state index is -2.34. The molecule has 6 heteroatoms. The van der Waals surface area contributed by atoms with Gasteiger partial charge in [-0.05, 0) is 40.3 Å².